The van der Waals surface area contributed by atoms with Crippen molar-refractivity contribution >= 4 is 6.03 Å². The molecule has 0 spiro atoms. The van der Waals surface area contributed by atoms with Gasteiger partial charge in [-0.2, -0.15) is 0 Å². The number of hydrogen-bond acceptors (Lipinski definition) is 1. The molecule has 1 aliphatic rings. The van der Waals surface area contributed by atoms with E-state index in [2.05, 4.69) is 23.5 Å². The lowest BCUT2D eigenvalue weighted by Gasteiger charge is -2.27. The van der Waals surface area contributed by atoms with Crippen LogP contribution in [-0.2, 0) is 6.42 Å². The van der Waals surface area contributed by atoms with E-state index >= 15 is 0 Å². The molecule has 3 nitrogen and oxygen atoms in total. The van der Waals surface area contributed by atoms with Crippen molar-refractivity contribution in [3.8, 4) is 0 Å². The highest BCUT2D eigenvalue weighted by Crippen LogP contribution is 2.29. The Bertz CT molecular complexity index is 387. The maximum atomic E-state index is 11.6. The molecular weight excluding hydrogens is 200 g/mol. The summed E-state index contributed by atoms with van der Waals surface area (Å²) in [6.07, 6.45) is 3.32. The number of benzene rings is 1. The number of fused-ring (bicyclic) bond motifs is 1. The van der Waals surface area contributed by atoms with Gasteiger partial charge in [0.15, 0.2) is 0 Å². The topological polar surface area (TPSA) is 32.3 Å². The Morgan fingerprint density at radius 1 is 1.38 bits per heavy atom. The maximum Gasteiger partial charge on any atom is 0.317 e. The van der Waals surface area contributed by atoms with Crippen LogP contribution in [-0.4, -0.2) is 25.0 Å². The van der Waals surface area contributed by atoms with Crippen LogP contribution in [0.15, 0.2) is 24.3 Å². The van der Waals surface area contributed by atoms with E-state index in [1.807, 2.05) is 6.07 Å². The number of nitrogens with zero attached hydrogens (tertiary/aromatic N) is 1. The lowest BCUT2D eigenvalue weighted by atomic mass is 9.88. The van der Waals surface area contributed by atoms with Gasteiger partial charge in [0.05, 0.1) is 6.04 Å². The first-order valence-corrected chi connectivity index (χ1v) is 5.74. The number of nitrogens with one attached hydrogen (secondary N) is 1. The largest absolute Gasteiger partial charge is 0.331 e. The molecule has 3 heteroatoms. The minimum Gasteiger partial charge on any atom is -0.331 e. The van der Waals surface area contributed by atoms with Crippen LogP contribution in [0.3, 0.4) is 0 Å². The van der Waals surface area contributed by atoms with Gasteiger partial charge in [0.2, 0.25) is 0 Å². The molecule has 86 valence electrons. The summed E-state index contributed by atoms with van der Waals surface area (Å²) in [6, 6.07) is 8.55. The van der Waals surface area contributed by atoms with Crippen molar-refractivity contribution in [2.45, 2.75) is 25.3 Å². The predicted molar refractivity (Wildman–Crippen MR) is 64.3 cm³/mol. The van der Waals surface area contributed by atoms with Crippen molar-refractivity contribution in [2.75, 3.05) is 14.1 Å². The Morgan fingerprint density at radius 3 is 2.88 bits per heavy atom. The lowest BCUT2D eigenvalue weighted by molar-refractivity contribution is 0.211. The molecule has 0 heterocycles. The van der Waals surface area contributed by atoms with E-state index in [0.29, 0.717) is 0 Å². The average Bonchev–Trinajstić information content (AvgIpc) is 2.29. The molecule has 2 amide bonds. The van der Waals surface area contributed by atoms with Crippen LogP contribution in [0.2, 0.25) is 0 Å². The van der Waals surface area contributed by atoms with Crippen LogP contribution in [0, 0.1) is 0 Å². The van der Waals surface area contributed by atoms with E-state index in [1.54, 1.807) is 19.0 Å². The first-order valence-electron chi connectivity index (χ1n) is 5.74. The lowest BCUT2D eigenvalue weighted by Crippen LogP contribution is -2.38. The van der Waals surface area contributed by atoms with E-state index in [1.165, 1.54) is 11.1 Å². The summed E-state index contributed by atoms with van der Waals surface area (Å²) in [4.78, 5) is 13.2. The van der Waals surface area contributed by atoms with E-state index in [4.69, 9.17) is 0 Å². The minimum atomic E-state index is -0.0123. The second-order valence-corrected chi connectivity index (χ2v) is 4.49. The van der Waals surface area contributed by atoms with Gasteiger partial charge in [-0.3, -0.25) is 0 Å². The van der Waals surface area contributed by atoms with Crippen LogP contribution >= 0.6 is 0 Å². The van der Waals surface area contributed by atoms with Gasteiger partial charge in [-0.15, -0.1) is 0 Å². The molecule has 1 aromatic rings. The summed E-state index contributed by atoms with van der Waals surface area (Å²) in [5.74, 6) is 0. The third kappa shape index (κ3) is 2.18. The number of carbonyl (C=O) groups excluding carboxylic acids is 1. The van der Waals surface area contributed by atoms with Gasteiger partial charge < -0.3 is 10.2 Å². The summed E-state index contributed by atoms with van der Waals surface area (Å²) < 4.78 is 0. The number of rotatable bonds is 1. The van der Waals surface area contributed by atoms with E-state index in [0.717, 1.165) is 19.3 Å². The van der Waals surface area contributed by atoms with Crippen molar-refractivity contribution in [3.05, 3.63) is 35.4 Å². The van der Waals surface area contributed by atoms with Gasteiger partial charge in [0.1, 0.15) is 0 Å². The van der Waals surface area contributed by atoms with Gasteiger partial charge in [0, 0.05) is 14.1 Å². The highest BCUT2D eigenvalue weighted by Gasteiger charge is 2.21. The third-order valence-electron chi connectivity index (χ3n) is 3.07. The average molecular weight is 218 g/mol. The highest BCUT2D eigenvalue weighted by molar-refractivity contribution is 5.74. The van der Waals surface area contributed by atoms with Crippen LogP contribution < -0.4 is 5.32 Å². The third-order valence-corrected chi connectivity index (χ3v) is 3.07. The highest BCUT2D eigenvalue weighted by atomic mass is 16.2. The molecule has 1 atom stereocenters. The van der Waals surface area contributed by atoms with E-state index < -0.39 is 0 Å². The molecule has 1 unspecified atom stereocenters. The molecule has 2 rings (SSSR count). The molecule has 0 saturated carbocycles. The van der Waals surface area contributed by atoms with Crippen molar-refractivity contribution in [1.82, 2.24) is 10.2 Å². The van der Waals surface area contributed by atoms with Crippen molar-refractivity contribution in [3.63, 3.8) is 0 Å². The predicted octanol–water partition coefficient (Wildman–Crippen LogP) is 2.34. The molecule has 16 heavy (non-hydrogen) atoms. The monoisotopic (exact) mass is 218 g/mol. The Hall–Kier alpha value is -1.51. The Kier molecular flexibility index (Phi) is 3.13. The molecule has 0 aliphatic heterocycles. The second kappa shape index (κ2) is 4.56. The molecule has 1 N–H and O–H groups in total. The fourth-order valence-corrected chi connectivity index (χ4v) is 2.18. The minimum absolute atomic E-state index is 0.0123. The summed E-state index contributed by atoms with van der Waals surface area (Å²) in [5, 5.41) is 3.06. The van der Waals surface area contributed by atoms with E-state index in [-0.39, 0.29) is 12.1 Å². The van der Waals surface area contributed by atoms with Gasteiger partial charge >= 0.3 is 6.03 Å². The molecule has 0 bridgehead atoms. The number of amides is 2. The zero-order chi connectivity index (χ0) is 11.5. The standard InChI is InChI=1S/C13H18N2O/c1-15(2)13(16)14-12-9-5-7-10-6-3-4-8-11(10)12/h3-4,6,8,12H,5,7,9H2,1-2H3,(H,14,16). The van der Waals surface area contributed by atoms with Crippen molar-refractivity contribution in [1.29, 1.82) is 0 Å². The first kappa shape index (κ1) is 11.0. The summed E-state index contributed by atoms with van der Waals surface area (Å²) >= 11 is 0. The van der Waals surface area contributed by atoms with Crippen LogP contribution in [0.25, 0.3) is 0 Å². The first-order chi connectivity index (χ1) is 7.68. The molecule has 1 aliphatic carbocycles. The normalized spacial score (nSPS) is 18.8. The molecule has 0 aromatic heterocycles. The summed E-state index contributed by atoms with van der Waals surface area (Å²) in [7, 11) is 3.54. The molecule has 0 radical (unpaired) electrons. The second-order valence-electron chi connectivity index (χ2n) is 4.49. The number of urea groups is 1. The maximum absolute atomic E-state index is 11.6. The smallest absolute Gasteiger partial charge is 0.317 e. The van der Waals surface area contributed by atoms with Gasteiger partial charge in [-0.25, -0.2) is 4.79 Å². The Labute approximate surface area is 96.5 Å². The van der Waals surface area contributed by atoms with Crippen LogP contribution in [0.4, 0.5) is 4.79 Å². The Morgan fingerprint density at radius 2 is 2.12 bits per heavy atom. The number of aryl methyl sites for hydroxylation is 1. The van der Waals surface area contributed by atoms with Gasteiger partial charge in [-0.1, -0.05) is 24.3 Å². The summed E-state index contributed by atoms with van der Waals surface area (Å²) in [6.45, 7) is 0. The van der Waals surface area contributed by atoms with Crippen LogP contribution in [0.1, 0.15) is 30.0 Å². The molecular formula is C13H18N2O. The summed E-state index contributed by atoms with van der Waals surface area (Å²) in [5.41, 5.74) is 2.65. The van der Waals surface area contributed by atoms with Gasteiger partial charge in [0.25, 0.3) is 0 Å². The quantitative estimate of drug-likeness (QED) is 0.771. The fourth-order valence-electron chi connectivity index (χ4n) is 2.18. The van der Waals surface area contributed by atoms with E-state index in [9.17, 15) is 4.79 Å². The zero-order valence-electron chi connectivity index (χ0n) is 9.86. The van der Waals surface area contributed by atoms with Crippen LogP contribution in [0.5, 0.6) is 0 Å². The Balaban J connectivity index is 2.16. The van der Waals surface area contributed by atoms with Gasteiger partial charge in [-0.05, 0) is 30.4 Å². The number of carbonyl (C=O) groups is 1. The molecule has 0 saturated heterocycles. The molecule has 0 fully saturated rings. The fraction of sp³-hybridized carbons (Fsp3) is 0.462. The SMILES string of the molecule is CN(C)C(=O)NC1CCCc2ccccc21. The number of hydrogen-bond donors (Lipinski definition) is 1. The van der Waals surface area contributed by atoms with Crippen molar-refractivity contribution in [2.24, 2.45) is 0 Å². The zero-order valence-corrected chi connectivity index (χ0v) is 9.86. The van der Waals surface area contributed by atoms with Crippen molar-refractivity contribution < 1.29 is 4.79 Å². The molecule has 1 aromatic carbocycles.